The Balaban J connectivity index is 1.82. The molecule has 0 radical (unpaired) electrons. The summed E-state index contributed by atoms with van der Waals surface area (Å²) in [5, 5.41) is 14.9. The fourth-order valence-corrected chi connectivity index (χ4v) is 2.48. The van der Waals surface area contributed by atoms with Gasteiger partial charge in [-0.2, -0.15) is 5.10 Å². The standard InChI is InChI=1S/C20H18ClN5O3/c1-13-3-7-15(8-4-13)17(27)12-29-20-18(19(28)22-2)24-25-26(20)23-11-14-5-9-16(21)10-6-14/h3-11H,12H2,1-2H3,(H,22,28)/b23-11+. The van der Waals surface area contributed by atoms with Crippen LogP contribution in [0.2, 0.25) is 5.02 Å². The summed E-state index contributed by atoms with van der Waals surface area (Å²) in [6, 6.07) is 14.1. The second-order valence-corrected chi connectivity index (χ2v) is 6.52. The highest BCUT2D eigenvalue weighted by Crippen LogP contribution is 2.17. The molecule has 3 rings (SSSR count). The number of rotatable bonds is 7. The first kappa shape index (κ1) is 20.2. The van der Waals surface area contributed by atoms with Crippen molar-refractivity contribution in [2.24, 2.45) is 5.10 Å². The van der Waals surface area contributed by atoms with Gasteiger partial charge in [-0.25, -0.2) is 0 Å². The first-order chi connectivity index (χ1) is 14.0. The summed E-state index contributed by atoms with van der Waals surface area (Å²) >= 11 is 5.87. The van der Waals surface area contributed by atoms with Crippen LogP contribution < -0.4 is 10.1 Å². The zero-order valence-electron chi connectivity index (χ0n) is 15.8. The number of hydrogen-bond donors (Lipinski definition) is 1. The summed E-state index contributed by atoms with van der Waals surface area (Å²) in [6.45, 7) is 1.64. The first-order valence-corrected chi connectivity index (χ1v) is 9.06. The van der Waals surface area contributed by atoms with Crippen molar-refractivity contribution in [3.8, 4) is 5.88 Å². The van der Waals surface area contributed by atoms with Crippen LogP contribution in [0.3, 0.4) is 0 Å². The van der Waals surface area contributed by atoms with E-state index < -0.39 is 5.91 Å². The SMILES string of the molecule is CNC(=O)c1nnn(/N=C/c2ccc(Cl)cc2)c1OCC(=O)c1ccc(C)cc1. The molecule has 29 heavy (non-hydrogen) atoms. The highest BCUT2D eigenvalue weighted by atomic mass is 35.5. The molecule has 2 aromatic carbocycles. The minimum absolute atomic E-state index is 0.0324. The van der Waals surface area contributed by atoms with E-state index in [1.165, 1.54) is 13.3 Å². The van der Waals surface area contributed by atoms with Gasteiger partial charge in [-0.1, -0.05) is 58.4 Å². The van der Waals surface area contributed by atoms with Crippen LogP contribution in [0.4, 0.5) is 0 Å². The quantitative estimate of drug-likeness (QED) is 0.476. The number of ether oxygens (including phenoxy) is 1. The molecule has 0 atom stereocenters. The lowest BCUT2D eigenvalue weighted by Gasteiger charge is -2.07. The molecule has 1 heterocycles. The van der Waals surface area contributed by atoms with Gasteiger partial charge >= 0.3 is 0 Å². The first-order valence-electron chi connectivity index (χ1n) is 8.68. The van der Waals surface area contributed by atoms with E-state index in [0.29, 0.717) is 10.6 Å². The fraction of sp³-hybridized carbons (Fsp3) is 0.150. The minimum atomic E-state index is -0.504. The molecule has 0 unspecified atom stereocenters. The molecule has 1 N–H and O–H groups in total. The van der Waals surface area contributed by atoms with Crippen molar-refractivity contribution >= 4 is 29.5 Å². The summed E-state index contributed by atoms with van der Waals surface area (Å²) in [4.78, 5) is 25.5. The zero-order chi connectivity index (χ0) is 20.8. The molecule has 8 nitrogen and oxygen atoms in total. The van der Waals surface area contributed by atoms with Crippen molar-refractivity contribution in [2.75, 3.05) is 13.7 Å². The van der Waals surface area contributed by atoms with Crippen molar-refractivity contribution < 1.29 is 14.3 Å². The Morgan fingerprint density at radius 2 is 1.86 bits per heavy atom. The molecule has 0 aliphatic carbocycles. The predicted octanol–water partition coefficient (Wildman–Crippen LogP) is 2.74. The number of hydrogen-bond acceptors (Lipinski definition) is 6. The number of carbonyl (C=O) groups is 2. The number of halogens is 1. The van der Waals surface area contributed by atoms with Gasteiger partial charge in [0, 0.05) is 17.6 Å². The van der Waals surface area contributed by atoms with Crippen molar-refractivity contribution in [3.63, 3.8) is 0 Å². The number of carbonyl (C=O) groups excluding carboxylic acids is 2. The normalized spacial score (nSPS) is 10.9. The summed E-state index contributed by atoms with van der Waals surface area (Å²) in [6.07, 6.45) is 1.51. The molecular formula is C20H18ClN5O3. The largest absolute Gasteiger partial charge is 0.466 e. The average molecular weight is 412 g/mol. The summed E-state index contributed by atoms with van der Waals surface area (Å²) in [5.74, 6) is -0.784. The van der Waals surface area contributed by atoms with Gasteiger partial charge < -0.3 is 10.1 Å². The Morgan fingerprint density at radius 1 is 1.17 bits per heavy atom. The van der Waals surface area contributed by atoms with Crippen LogP contribution in [0.25, 0.3) is 0 Å². The Labute approximate surface area is 172 Å². The second kappa shape index (κ2) is 9.11. The molecule has 0 saturated heterocycles. The topological polar surface area (TPSA) is 98.5 Å². The lowest BCUT2D eigenvalue weighted by Crippen LogP contribution is -2.21. The molecule has 0 bridgehead atoms. The van der Waals surface area contributed by atoms with Crippen LogP contribution in [0.5, 0.6) is 5.88 Å². The second-order valence-electron chi connectivity index (χ2n) is 6.09. The number of nitrogens with zero attached hydrogens (tertiary/aromatic N) is 4. The lowest BCUT2D eigenvalue weighted by atomic mass is 10.1. The predicted molar refractivity (Wildman–Crippen MR) is 109 cm³/mol. The molecule has 148 valence electrons. The maximum Gasteiger partial charge on any atom is 0.277 e. The molecule has 1 aromatic heterocycles. The van der Waals surface area contributed by atoms with E-state index in [4.69, 9.17) is 16.3 Å². The molecule has 3 aromatic rings. The average Bonchev–Trinajstić information content (AvgIpc) is 3.14. The monoisotopic (exact) mass is 411 g/mol. The Morgan fingerprint density at radius 3 is 2.52 bits per heavy atom. The summed E-state index contributed by atoms with van der Waals surface area (Å²) in [5.41, 5.74) is 2.23. The number of Topliss-reactive ketones (excluding diaryl/α,β-unsaturated/α-hetero) is 1. The molecule has 9 heteroatoms. The number of benzene rings is 2. The van der Waals surface area contributed by atoms with Crippen LogP contribution in [-0.4, -0.2) is 46.7 Å². The third kappa shape index (κ3) is 5.05. The van der Waals surface area contributed by atoms with Gasteiger partial charge in [-0.05, 0) is 29.8 Å². The molecule has 0 fully saturated rings. The molecular weight excluding hydrogens is 394 g/mol. The van der Waals surface area contributed by atoms with E-state index in [1.807, 2.05) is 19.1 Å². The van der Waals surface area contributed by atoms with Gasteiger partial charge in [0.25, 0.3) is 11.8 Å². The fourth-order valence-electron chi connectivity index (χ4n) is 2.35. The van der Waals surface area contributed by atoms with E-state index in [-0.39, 0.29) is 24.0 Å². The third-order valence-electron chi connectivity index (χ3n) is 3.96. The maximum absolute atomic E-state index is 12.4. The number of aromatic nitrogens is 3. The van der Waals surface area contributed by atoms with Gasteiger partial charge in [0.1, 0.15) is 0 Å². The van der Waals surface area contributed by atoms with E-state index in [2.05, 4.69) is 20.7 Å². The Kier molecular flexibility index (Phi) is 6.36. The van der Waals surface area contributed by atoms with Crippen LogP contribution in [-0.2, 0) is 0 Å². The van der Waals surface area contributed by atoms with Crippen LogP contribution in [0, 0.1) is 6.92 Å². The summed E-state index contributed by atoms with van der Waals surface area (Å²) < 4.78 is 5.58. The molecule has 0 aliphatic rings. The number of nitrogens with one attached hydrogen (secondary N) is 1. The van der Waals surface area contributed by atoms with Crippen LogP contribution >= 0.6 is 11.6 Å². The van der Waals surface area contributed by atoms with E-state index in [9.17, 15) is 9.59 Å². The van der Waals surface area contributed by atoms with Crippen LogP contribution in [0.15, 0.2) is 53.6 Å². The Hall–Kier alpha value is -3.52. The van der Waals surface area contributed by atoms with Gasteiger partial charge in [0.05, 0.1) is 6.21 Å². The minimum Gasteiger partial charge on any atom is -0.466 e. The van der Waals surface area contributed by atoms with Gasteiger partial charge in [0.2, 0.25) is 5.69 Å². The van der Waals surface area contributed by atoms with Crippen molar-refractivity contribution in [2.45, 2.75) is 6.92 Å². The molecule has 0 aliphatic heterocycles. The number of aryl methyl sites for hydroxylation is 1. The lowest BCUT2D eigenvalue weighted by molar-refractivity contribution is 0.0898. The van der Waals surface area contributed by atoms with Gasteiger partial charge in [-0.15, -0.1) is 5.10 Å². The highest BCUT2D eigenvalue weighted by molar-refractivity contribution is 6.30. The smallest absolute Gasteiger partial charge is 0.277 e. The van der Waals surface area contributed by atoms with Gasteiger partial charge in [0.15, 0.2) is 12.4 Å². The van der Waals surface area contributed by atoms with E-state index in [1.54, 1.807) is 36.4 Å². The maximum atomic E-state index is 12.4. The van der Waals surface area contributed by atoms with Crippen molar-refractivity contribution in [1.29, 1.82) is 0 Å². The van der Waals surface area contributed by atoms with E-state index in [0.717, 1.165) is 15.9 Å². The molecule has 1 amide bonds. The third-order valence-corrected chi connectivity index (χ3v) is 4.21. The number of amides is 1. The Bertz CT molecular complexity index is 1040. The van der Waals surface area contributed by atoms with Crippen molar-refractivity contribution in [1.82, 2.24) is 20.4 Å². The van der Waals surface area contributed by atoms with Crippen molar-refractivity contribution in [3.05, 3.63) is 75.9 Å². The van der Waals surface area contributed by atoms with Crippen LogP contribution in [0.1, 0.15) is 32.0 Å². The molecule has 0 spiro atoms. The summed E-state index contributed by atoms with van der Waals surface area (Å²) in [7, 11) is 1.46. The van der Waals surface area contributed by atoms with Gasteiger partial charge in [-0.3, -0.25) is 9.59 Å². The molecule has 0 saturated carbocycles. The number of ketones is 1. The zero-order valence-corrected chi connectivity index (χ0v) is 16.6. The van der Waals surface area contributed by atoms with E-state index >= 15 is 0 Å². The highest BCUT2D eigenvalue weighted by Gasteiger charge is 2.21.